The van der Waals surface area contributed by atoms with Crippen molar-refractivity contribution in [2.45, 2.75) is 64.5 Å². The monoisotopic (exact) mass is 530 g/mol. The highest BCUT2D eigenvalue weighted by Gasteiger charge is 2.61. The van der Waals surface area contributed by atoms with E-state index in [1.807, 2.05) is 54.4 Å². The fourth-order valence-electron chi connectivity index (χ4n) is 9.07. The molecule has 0 spiro atoms. The normalized spacial score (nSPS) is 36.7. The molecule has 0 radical (unpaired) electrons. The Balaban J connectivity index is 1.25. The van der Waals surface area contributed by atoms with E-state index in [1.54, 1.807) is 6.08 Å². The van der Waals surface area contributed by atoms with Crippen molar-refractivity contribution in [1.29, 1.82) is 0 Å². The molecule has 200 valence electrons. The first-order valence-corrected chi connectivity index (χ1v) is 14.7. The maximum absolute atomic E-state index is 14.1. The summed E-state index contributed by atoms with van der Waals surface area (Å²) in [6.45, 7) is 4.78. The van der Waals surface area contributed by atoms with Crippen molar-refractivity contribution in [3.8, 4) is 0 Å². The van der Waals surface area contributed by atoms with Gasteiger partial charge in [-0.05, 0) is 91.0 Å². The molecule has 2 amide bonds. The maximum Gasteiger partial charge on any atom is 0.246 e. The van der Waals surface area contributed by atoms with Gasteiger partial charge in [0.15, 0.2) is 0 Å². The molecule has 2 aromatic rings. The Kier molecular flexibility index (Phi) is 6.45. The van der Waals surface area contributed by atoms with Gasteiger partial charge >= 0.3 is 0 Å². The van der Waals surface area contributed by atoms with Gasteiger partial charge in [-0.1, -0.05) is 74.0 Å². The number of fused-ring (bicyclic) bond motifs is 5. The van der Waals surface area contributed by atoms with E-state index in [1.165, 1.54) is 0 Å². The van der Waals surface area contributed by atoms with E-state index < -0.39 is 0 Å². The van der Waals surface area contributed by atoms with Crippen molar-refractivity contribution in [3.63, 3.8) is 0 Å². The zero-order chi connectivity index (χ0) is 26.7. The molecule has 1 heterocycles. The molecule has 4 nitrogen and oxygen atoms in total. The topological polar surface area (TPSA) is 49.4 Å². The van der Waals surface area contributed by atoms with Gasteiger partial charge in [-0.2, -0.15) is 0 Å². The van der Waals surface area contributed by atoms with E-state index in [-0.39, 0.29) is 40.6 Å². The minimum absolute atomic E-state index is 0.00971. The fraction of sp³-hybridized carbons (Fsp3) is 0.515. The SMILES string of the molecule is CN1C(=O)C=C[C@]2(C)[C@H]3CC[C@]4(C)[C@@H](C(=O)NC(c5ccccc5)c5ccc(Cl)cc5)CC[C@H]4[C@@H]3CC[C@@H]12. The van der Waals surface area contributed by atoms with E-state index in [4.69, 9.17) is 11.6 Å². The number of benzene rings is 2. The quantitative estimate of drug-likeness (QED) is 0.472. The minimum Gasteiger partial charge on any atom is -0.345 e. The fourth-order valence-corrected chi connectivity index (χ4v) is 9.20. The molecule has 6 rings (SSSR count). The highest BCUT2D eigenvalue weighted by Crippen LogP contribution is 2.65. The summed E-state index contributed by atoms with van der Waals surface area (Å²) < 4.78 is 0. The van der Waals surface area contributed by atoms with Crippen molar-refractivity contribution in [2.24, 2.45) is 34.5 Å². The summed E-state index contributed by atoms with van der Waals surface area (Å²) in [4.78, 5) is 28.4. The Hall–Kier alpha value is -2.59. The first-order valence-electron chi connectivity index (χ1n) is 14.3. The van der Waals surface area contributed by atoms with Gasteiger partial charge in [0.2, 0.25) is 11.8 Å². The van der Waals surface area contributed by atoms with Crippen molar-refractivity contribution >= 4 is 23.4 Å². The summed E-state index contributed by atoms with van der Waals surface area (Å²) in [7, 11) is 1.97. The van der Waals surface area contributed by atoms with Crippen LogP contribution < -0.4 is 5.32 Å². The highest BCUT2D eigenvalue weighted by atomic mass is 35.5. The van der Waals surface area contributed by atoms with Crippen LogP contribution >= 0.6 is 11.6 Å². The van der Waals surface area contributed by atoms with Crippen molar-refractivity contribution < 1.29 is 9.59 Å². The van der Waals surface area contributed by atoms with E-state index in [0.29, 0.717) is 22.8 Å². The summed E-state index contributed by atoms with van der Waals surface area (Å²) in [5, 5.41) is 4.16. The van der Waals surface area contributed by atoms with Crippen LogP contribution in [0.4, 0.5) is 0 Å². The van der Waals surface area contributed by atoms with Crippen LogP contribution in [0.15, 0.2) is 66.7 Å². The predicted molar refractivity (Wildman–Crippen MR) is 151 cm³/mol. The molecule has 3 fully saturated rings. The molecule has 2 aromatic carbocycles. The van der Waals surface area contributed by atoms with Crippen LogP contribution in [0.3, 0.4) is 0 Å². The molecule has 0 saturated heterocycles. The lowest BCUT2D eigenvalue weighted by molar-refractivity contribution is -0.142. The summed E-state index contributed by atoms with van der Waals surface area (Å²) in [6.07, 6.45) is 10.5. The van der Waals surface area contributed by atoms with Crippen LogP contribution in [-0.2, 0) is 9.59 Å². The van der Waals surface area contributed by atoms with Gasteiger partial charge < -0.3 is 10.2 Å². The molecular formula is C33H39ClN2O2. The lowest BCUT2D eigenvalue weighted by Gasteiger charge is -2.60. The molecule has 3 saturated carbocycles. The first-order chi connectivity index (χ1) is 18.2. The van der Waals surface area contributed by atoms with E-state index in [0.717, 1.165) is 49.7 Å². The van der Waals surface area contributed by atoms with Gasteiger partial charge in [0, 0.05) is 29.4 Å². The number of carbonyl (C=O) groups is 2. The van der Waals surface area contributed by atoms with E-state index in [9.17, 15) is 9.59 Å². The zero-order valence-corrected chi connectivity index (χ0v) is 23.5. The average molecular weight is 531 g/mol. The second-order valence-electron chi connectivity index (χ2n) is 12.7. The third-order valence-electron chi connectivity index (χ3n) is 11.1. The van der Waals surface area contributed by atoms with Gasteiger partial charge in [0.05, 0.1) is 6.04 Å². The lowest BCUT2D eigenvalue weighted by atomic mass is 9.47. The zero-order valence-electron chi connectivity index (χ0n) is 22.7. The van der Waals surface area contributed by atoms with Gasteiger partial charge in [-0.25, -0.2) is 0 Å². The second-order valence-corrected chi connectivity index (χ2v) is 13.1. The number of halogens is 1. The van der Waals surface area contributed by atoms with Gasteiger partial charge in [-0.15, -0.1) is 0 Å². The third-order valence-corrected chi connectivity index (χ3v) is 11.3. The summed E-state index contributed by atoms with van der Waals surface area (Å²) >= 11 is 6.18. The Morgan fingerprint density at radius 2 is 1.66 bits per heavy atom. The largest absolute Gasteiger partial charge is 0.345 e. The van der Waals surface area contributed by atoms with Crippen LogP contribution in [0.5, 0.6) is 0 Å². The third kappa shape index (κ3) is 4.02. The summed E-state index contributed by atoms with van der Waals surface area (Å²) in [6, 6.07) is 18.2. The molecule has 1 unspecified atom stereocenters. The van der Waals surface area contributed by atoms with Crippen molar-refractivity contribution in [1.82, 2.24) is 10.2 Å². The second kappa shape index (κ2) is 9.55. The number of hydrogen-bond acceptors (Lipinski definition) is 2. The first kappa shape index (κ1) is 25.7. The van der Waals surface area contributed by atoms with Crippen LogP contribution in [0.2, 0.25) is 5.02 Å². The summed E-state index contributed by atoms with van der Waals surface area (Å²) in [5.41, 5.74) is 2.17. The Morgan fingerprint density at radius 3 is 2.39 bits per heavy atom. The van der Waals surface area contributed by atoms with Crippen LogP contribution in [0.1, 0.15) is 69.5 Å². The smallest absolute Gasteiger partial charge is 0.246 e. The lowest BCUT2D eigenvalue weighted by Crippen LogP contribution is -2.59. The molecule has 38 heavy (non-hydrogen) atoms. The molecule has 8 atom stereocenters. The van der Waals surface area contributed by atoms with Crippen molar-refractivity contribution in [2.75, 3.05) is 7.05 Å². The molecule has 5 heteroatoms. The molecule has 0 aromatic heterocycles. The molecule has 4 aliphatic rings. The molecule has 3 aliphatic carbocycles. The van der Waals surface area contributed by atoms with Crippen molar-refractivity contribution in [3.05, 3.63) is 82.9 Å². The number of carbonyl (C=O) groups excluding carboxylic acids is 2. The van der Waals surface area contributed by atoms with Crippen LogP contribution in [-0.4, -0.2) is 29.8 Å². The van der Waals surface area contributed by atoms with Crippen LogP contribution in [0.25, 0.3) is 0 Å². The van der Waals surface area contributed by atoms with E-state index in [2.05, 4.69) is 37.4 Å². The molecule has 1 N–H and O–H groups in total. The average Bonchev–Trinajstić information content (AvgIpc) is 3.28. The van der Waals surface area contributed by atoms with Gasteiger partial charge in [-0.3, -0.25) is 9.59 Å². The predicted octanol–water partition coefficient (Wildman–Crippen LogP) is 6.80. The molecule has 0 bridgehead atoms. The Bertz CT molecular complexity index is 1240. The number of amides is 2. The van der Waals surface area contributed by atoms with Gasteiger partial charge in [0.25, 0.3) is 0 Å². The number of nitrogens with one attached hydrogen (secondary N) is 1. The number of hydrogen-bond donors (Lipinski definition) is 1. The minimum atomic E-state index is -0.199. The highest BCUT2D eigenvalue weighted by molar-refractivity contribution is 6.30. The number of likely N-dealkylation sites (N-methyl/N-ethyl adjacent to an activating group) is 1. The molecule has 1 aliphatic heterocycles. The summed E-state index contributed by atoms with van der Waals surface area (Å²) in [5.74, 6) is 2.07. The van der Waals surface area contributed by atoms with Gasteiger partial charge in [0.1, 0.15) is 0 Å². The molecular weight excluding hydrogens is 492 g/mol. The van der Waals surface area contributed by atoms with E-state index >= 15 is 0 Å². The Morgan fingerprint density at radius 1 is 0.947 bits per heavy atom. The standard InChI is InChI=1S/C33H39ClN2O2/c1-32-19-17-26-24(13-16-28-33(26,2)20-18-29(37)36(28)3)25(32)14-15-27(32)31(38)35-30(21-7-5-4-6-8-21)22-9-11-23(34)12-10-22/h4-12,18,20,24-28,30H,13-17,19H2,1-3H3,(H,35,38)/t24-,25-,26-,27+,28+,30?,32-,33+/m0/s1. The Labute approximate surface area is 231 Å². The number of rotatable bonds is 4. The number of nitrogens with zero attached hydrogens (tertiary/aromatic N) is 1. The maximum atomic E-state index is 14.1. The van der Waals surface area contributed by atoms with Crippen LogP contribution in [0, 0.1) is 34.5 Å².